The molecule has 108 valence electrons. The molecule has 0 nitrogen and oxygen atoms in total. The second-order valence-corrected chi connectivity index (χ2v) is 15.4. The molecule has 1 heteroatoms. The summed E-state index contributed by atoms with van der Waals surface area (Å²) in [4.78, 5) is 0. The van der Waals surface area contributed by atoms with Crippen molar-refractivity contribution in [3.05, 3.63) is 0 Å². The van der Waals surface area contributed by atoms with Crippen LogP contribution in [0.2, 0.25) is 0 Å². The molecule has 0 N–H and O–H groups in total. The Morgan fingerprint density at radius 3 is 2.84 bits per heavy atom. The van der Waals surface area contributed by atoms with Crippen molar-refractivity contribution in [3.63, 3.8) is 0 Å². The Bertz CT molecular complexity index is 398. The zero-order valence-corrected chi connectivity index (χ0v) is 14.7. The monoisotopic (exact) mass is 372 g/mol. The zero-order valence-electron chi connectivity index (χ0n) is 12.6. The van der Waals surface area contributed by atoms with Crippen LogP contribution in [0, 0.1) is 29.1 Å². The summed E-state index contributed by atoms with van der Waals surface area (Å²) < 4.78 is 3.95. The van der Waals surface area contributed by atoms with E-state index in [0.29, 0.717) is 0 Å². The van der Waals surface area contributed by atoms with Gasteiger partial charge < -0.3 is 0 Å². The van der Waals surface area contributed by atoms with Crippen LogP contribution in [0.25, 0.3) is 0 Å². The average molecular weight is 372 g/mol. The first-order valence-corrected chi connectivity index (χ1v) is 12.7. The molecular weight excluding hydrogens is 343 g/mol. The molecule has 0 bridgehead atoms. The summed E-state index contributed by atoms with van der Waals surface area (Å²) in [5.41, 5.74) is 0.975. The molecule has 5 aliphatic rings. The zero-order chi connectivity index (χ0) is 12.8. The summed E-state index contributed by atoms with van der Waals surface area (Å²) in [7, 11) is 0. The third kappa shape index (κ3) is 1.38. The van der Waals surface area contributed by atoms with Gasteiger partial charge in [0.15, 0.2) is 0 Å². The minimum atomic E-state index is -0.595. The number of halogens is 1. The van der Waals surface area contributed by atoms with E-state index in [0.717, 1.165) is 11.3 Å². The van der Waals surface area contributed by atoms with Gasteiger partial charge in [-0.3, -0.25) is 0 Å². The Hall–Kier alpha value is 0.730. The number of hydrogen-bond acceptors (Lipinski definition) is 0. The summed E-state index contributed by atoms with van der Waals surface area (Å²) in [5.74, 6) is 4.76. The van der Waals surface area contributed by atoms with E-state index >= 15 is 0 Å². The molecule has 2 saturated heterocycles. The summed E-state index contributed by atoms with van der Waals surface area (Å²) in [5, 5.41) is 0. The maximum atomic E-state index is 2.60. The van der Waals surface area contributed by atoms with E-state index < -0.39 is 19.8 Å². The van der Waals surface area contributed by atoms with Crippen molar-refractivity contribution in [2.75, 3.05) is 0 Å². The molecule has 6 unspecified atom stereocenters. The predicted octanol–water partition coefficient (Wildman–Crippen LogP) is 5.28. The van der Waals surface area contributed by atoms with Crippen LogP contribution in [0.3, 0.4) is 0 Å². The van der Waals surface area contributed by atoms with Gasteiger partial charge in [-0.05, 0) is 0 Å². The van der Waals surface area contributed by atoms with Crippen LogP contribution in [-0.2, 0) is 0 Å². The van der Waals surface area contributed by atoms with Gasteiger partial charge in [0.2, 0.25) is 0 Å². The molecular formula is C18H29I. The third-order valence-corrected chi connectivity index (χ3v) is 18.2. The molecule has 0 amide bonds. The summed E-state index contributed by atoms with van der Waals surface area (Å²) >= 11 is -0.595. The molecule has 2 heterocycles. The van der Waals surface area contributed by atoms with E-state index in [-0.39, 0.29) is 0 Å². The predicted molar refractivity (Wildman–Crippen MR) is 90.1 cm³/mol. The number of hydrogen-bond donors (Lipinski definition) is 0. The van der Waals surface area contributed by atoms with Gasteiger partial charge in [0.25, 0.3) is 0 Å². The molecule has 2 aliphatic heterocycles. The Kier molecular flexibility index (Phi) is 2.54. The van der Waals surface area contributed by atoms with Crippen molar-refractivity contribution >= 4 is 19.8 Å². The molecule has 3 saturated carbocycles. The molecule has 5 fully saturated rings. The SMILES string of the molecule is CCC1CC[C@H]2CCC34C[C@H]5CCC(C)C5C3C4I12. The summed E-state index contributed by atoms with van der Waals surface area (Å²) in [6.45, 7) is 5.10. The van der Waals surface area contributed by atoms with Crippen LogP contribution in [0.15, 0.2) is 0 Å². The van der Waals surface area contributed by atoms with Crippen LogP contribution in [0.5, 0.6) is 0 Å². The van der Waals surface area contributed by atoms with Gasteiger partial charge in [0.05, 0.1) is 0 Å². The van der Waals surface area contributed by atoms with Gasteiger partial charge in [-0.25, -0.2) is 0 Å². The molecule has 0 radical (unpaired) electrons. The van der Waals surface area contributed by atoms with E-state index in [1.807, 2.05) is 0 Å². The molecule has 1 spiro atoms. The fourth-order valence-electron chi connectivity index (χ4n) is 7.14. The van der Waals surface area contributed by atoms with Gasteiger partial charge >= 0.3 is 126 Å². The molecule has 0 aromatic heterocycles. The fourth-order valence-corrected chi connectivity index (χ4v) is 19.3. The topological polar surface area (TPSA) is 0 Å². The van der Waals surface area contributed by atoms with Gasteiger partial charge in [0, 0.05) is 0 Å². The molecule has 5 rings (SSSR count). The summed E-state index contributed by atoms with van der Waals surface area (Å²) in [6, 6.07) is 0. The number of alkyl halides is 3. The van der Waals surface area contributed by atoms with E-state index in [2.05, 4.69) is 13.8 Å². The van der Waals surface area contributed by atoms with E-state index in [1.54, 1.807) is 51.4 Å². The fraction of sp³-hybridized carbons (Fsp3) is 1.00. The molecule has 0 aromatic rings. The van der Waals surface area contributed by atoms with Crippen molar-refractivity contribution in [1.82, 2.24) is 0 Å². The van der Waals surface area contributed by atoms with Gasteiger partial charge in [-0.15, -0.1) is 0 Å². The molecule has 3 aliphatic carbocycles. The van der Waals surface area contributed by atoms with Crippen LogP contribution in [0.4, 0.5) is 0 Å². The first-order chi connectivity index (χ1) is 9.26. The van der Waals surface area contributed by atoms with Crippen molar-refractivity contribution in [2.24, 2.45) is 29.1 Å². The van der Waals surface area contributed by atoms with Gasteiger partial charge in [0.1, 0.15) is 0 Å². The Morgan fingerprint density at radius 1 is 1.11 bits per heavy atom. The number of fused-ring (bicyclic) bond motifs is 5. The van der Waals surface area contributed by atoms with Gasteiger partial charge in [-0.1, -0.05) is 0 Å². The van der Waals surface area contributed by atoms with Crippen LogP contribution < -0.4 is 0 Å². The number of rotatable bonds is 1. The van der Waals surface area contributed by atoms with Crippen LogP contribution in [0.1, 0.15) is 65.2 Å². The third-order valence-electron chi connectivity index (χ3n) is 7.81. The Balaban J connectivity index is 1.48. The Labute approximate surface area is 125 Å². The minimum absolute atomic E-state index is 0.595. The molecule has 19 heavy (non-hydrogen) atoms. The van der Waals surface area contributed by atoms with Crippen LogP contribution >= 0.6 is 19.8 Å². The van der Waals surface area contributed by atoms with Gasteiger partial charge in [-0.2, -0.15) is 0 Å². The maximum absolute atomic E-state index is 2.60. The standard InChI is InChI=1S/C18H29I/c1-3-13-6-7-14-8-9-18-10-12-5-4-11(2)15(12)16(18)17(18)19(13)14/h11-17H,3-10H2,1-2H3/t11?,12-,13?,14+,15?,16?,17?,18?/m1/s1. The van der Waals surface area contributed by atoms with Crippen molar-refractivity contribution in [2.45, 2.75) is 77.0 Å². The van der Waals surface area contributed by atoms with E-state index in [9.17, 15) is 0 Å². The molecule has 0 aromatic carbocycles. The van der Waals surface area contributed by atoms with Crippen LogP contribution in [-0.4, -0.2) is 11.8 Å². The second kappa shape index (κ2) is 3.93. The molecule has 8 atom stereocenters. The van der Waals surface area contributed by atoms with E-state index in [1.165, 1.54) is 29.5 Å². The normalized spacial score (nSPS) is 63.5. The first kappa shape index (κ1) is 12.3. The van der Waals surface area contributed by atoms with Crippen molar-refractivity contribution < 1.29 is 0 Å². The second-order valence-electron chi connectivity index (χ2n) is 8.35. The first-order valence-electron chi connectivity index (χ1n) is 8.91. The average Bonchev–Trinajstić information content (AvgIpc) is 2.79. The quantitative estimate of drug-likeness (QED) is 0.434. The summed E-state index contributed by atoms with van der Waals surface area (Å²) in [6.07, 6.45) is 13.1. The van der Waals surface area contributed by atoms with Crippen molar-refractivity contribution in [3.8, 4) is 0 Å². The van der Waals surface area contributed by atoms with E-state index in [4.69, 9.17) is 0 Å². The van der Waals surface area contributed by atoms with Crippen molar-refractivity contribution in [1.29, 1.82) is 0 Å². The Morgan fingerprint density at radius 2 is 2.00 bits per heavy atom.